The van der Waals surface area contributed by atoms with Gasteiger partial charge in [-0.2, -0.15) is 0 Å². The summed E-state index contributed by atoms with van der Waals surface area (Å²) in [7, 11) is 0. The number of halogens is 1. The lowest BCUT2D eigenvalue weighted by atomic mass is 9.79. The summed E-state index contributed by atoms with van der Waals surface area (Å²) in [4.78, 5) is 4.78. The summed E-state index contributed by atoms with van der Waals surface area (Å²) >= 11 is 0. The Labute approximate surface area is 206 Å². The molecule has 1 heterocycles. The zero-order valence-electron chi connectivity index (χ0n) is 21.3. The van der Waals surface area contributed by atoms with Crippen molar-refractivity contribution in [2.75, 3.05) is 0 Å². The highest BCUT2D eigenvalue weighted by atomic mass is 19.1. The molecule has 0 unspecified atom stereocenters. The lowest BCUT2D eigenvalue weighted by Gasteiger charge is -2.24. The van der Waals surface area contributed by atoms with E-state index in [1.54, 1.807) is 6.07 Å². The van der Waals surface area contributed by atoms with E-state index in [-0.39, 0.29) is 11.2 Å². The average Bonchev–Trinajstić information content (AvgIpc) is 3.09. The van der Waals surface area contributed by atoms with Crippen LogP contribution in [0.1, 0.15) is 54.2 Å². The van der Waals surface area contributed by atoms with Gasteiger partial charge in [-0.1, -0.05) is 51.1 Å². The summed E-state index contributed by atoms with van der Waals surface area (Å²) in [5.41, 5.74) is 11.0. The molecule has 5 aromatic rings. The van der Waals surface area contributed by atoms with Crippen LogP contribution in [0, 0.1) is 26.6 Å². The number of nitrogens with zero attached hydrogens (tertiary/aromatic N) is 1. The molecule has 174 valence electrons. The van der Waals surface area contributed by atoms with Gasteiger partial charge in [0.05, 0.1) is 5.69 Å². The van der Waals surface area contributed by atoms with Gasteiger partial charge in [0.25, 0.3) is 0 Å². The Morgan fingerprint density at radius 1 is 0.800 bits per heavy atom. The summed E-state index contributed by atoms with van der Waals surface area (Å²) in [5.74, 6) is -0.142. The van der Waals surface area contributed by atoms with Crippen LogP contribution in [0.25, 0.3) is 43.9 Å². The van der Waals surface area contributed by atoms with Gasteiger partial charge in [-0.05, 0) is 107 Å². The highest BCUT2D eigenvalue weighted by molar-refractivity contribution is 6.14. The molecule has 0 saturated carbocycles. The number of fused-ring (bicyclic) bond motifs is 7. The van der Waals surface area contributed by atoms with Crippen molar-refractivity contribution in [3.05, 3.63) is 100.0 Å². The number of hydrogen-bond acceptors (Lipinski definition) is 1. The van der Waals surface area contributed by atoms with E-state index in [1.165, 1.54) is 27.8 Å². The minimum absolute atomic E-state index is 0.142. The SMILES string of the molecule is CCc1ccc2c(c1)C(C)(C)c1c-2c(F)cc2c1ccc1c(-c3cc(C)c(C)c(C)c3)nccc12. The van der Waals surface area contributed by atoms with Gasteiger partial charge in [-0.15, -0.1) is 0 Å². The van der Waals surface area contributed by atoms with E-state index in [2.05, 4.69) is 84.0 Å². The lowest BCUT2D eigenvalue weighted by molar-refractivity contribution is 0.624. The fourth-order valence-corrected chi connectivity index (χ4v) is 6.10. The summed E-state index contributed by atoms with van der Waals surface area (Å²) in [6, 6.07) is 19.1. The average molecular weight is 460 g/mol. The monoisotopic (exact) mass is 459 g/mol. The first-order valence-corrected chi connectivity index (χ1v) is 12.5. The zero-order valence-corrected chi connectivity index (χ0v) is 21.3. The van der Waals surface area contributed by atoms with Gasteiger partial charge in [0.15, 0.2) is 0 Å². The van der Waals surface area contributed by atoms with Crippen molar-refractivity contribution in [1.29, 1.82) is 0 Å². The molecule has 1 aromatic heterocycles. The van der Waals surface area contributed by atoms with E-state index >= 15 is 4.39 Å². The van der Waals surface area contributed by atoms with E-state index in [0.717, 1.165) is 55.9 Å². The van der Waals surface area contributed by atoms with Crippen LogP contribution >= 0.6 is 0 Å². The van der Waals surface area contributed by atoms with Crippen molar-refractivity contribution < 1.29 is 4.39 Å². The second-order valence-electron chi connectivity index (χ2n) is 10.6. The minimum atomic E-state index is -0.273. The van der Waals surface area contributed by atoms with Gasteiger partial charge in [0, 0.05) is 28.1 Å². The summed E-state index contributed by atoms with van der Waals surface area (Å²) in [5, 5.41) is 4.19. The number of benzene rings is 4. The quantitative estimate of drug-likeness (QED) is 0.240. The Kier molecular flexibility index (Phi) is 4.70. The molecule has 0 spiro atoms. The number of hydrogen-bond donors (Lipinski definition) is 0. The highest BCUT2D eigenvalue weighted by Crippen LogP contribution is 2.53. The summed E-state index contributed by atoms with van der Waals surface area (Å²) < 4.78 is 15.9. The first-order valence-electron chi connectivity index (χ1n) is 12.5. The van der Waals surface area contributed by atoms with E-state index in [9.17, 15) is 0 Å². The van der Waals surface area contributed by atoms with Crippen molar-refractivity contribution >= 4 is 21.5 Å². The fourth-order valence-electron chi connectivity index (χ4n) is 6.10. The summed E-state index contributed by atoms with van der Waals surface area (Å²) in [6.07, 6.45) is 2.83. The molecule has 0 amide bonds. The third-order valence-corrected chi connectivity index (χ3v) is 8.28. The van der Waals surface area contributed by atoms with Gasteiger partial charge < -0.3 is 0 Å². The minimum Gasteiger partial charge on any atom is -0.256 e. The van der Waals surface area contributed by atoms with E-state index in [4.69, 9.17) is 4.98 Å². The molecule has 0 radical (unpaired) electrons. The molecule has 1 nitrogen and oxygen atoms in total. The fraction of sp³-hybridized carbons (Fsp3) is 0.242. The van der Waals surface area contributed by atoms with Crippen LogP contribution < -0.4 is 0 Å². The zero-order chi connectivity index (χ0) is 24.6. The van der Waals surface area contributed by atoms with Crippen LogP contribution in [-0.4, -0.2) is 4.98 Å². The number of aromatic nitrogens is 1. The first kappa shape index (κ1) is 22.0. The Bertz CT molecular complexity index is 1670. The second-order valence-corrected chi connectivity index (χ2v) is 10.6. The number of rotatable bonds is 2. The molecule has 0 saturated heterocycles. The lowest BCUT2D eigenvalue weighted by Crippen LogP contribution is -2.16. The second kappa shape index (κ2) is 7.49. The van der Waals surface area contributed by atoms with E-state index < -0.39 is 0 Å². The number of pyridine rings is 1. The molecule has 0 fully saturated rings. The third-order valence-electron chi connectivity index (χ3n) is 8.28. The van der Waals surface area contributed by atoms with Crippen LogP contribution in [-0.2, 0) is 11.8 Å². The van der Waals surface area contributed by atoms with E-state index in [1.807, 2.05) is 12.3 Å². The maximum atomic E-state index is 15.9. The largest absolute Gasteiger partial charge is 0.256 e. The van der Waals surface area contributed by atoms with Gasteiger partial charge in [-0.25, -0.2) is 4.39 Å². The summed E-state index contributed by atoms with van der Waals surface area (Å²) in [6.45, 7) is 13.1. The van der Waals surface area contributed by atoms with Crippen molar-refractivity contribution in [3.63, 3.8) is 0 Å². The molecular weight excluding hydrogens is 429 g/mol. The predicted molar refractivity (Wildman–Crippen MR) is 146 cm³/mol. The molecule has 2 heteroatoms. The smallest absolute Gasteiger partial charge is 0.132 e. The molecule has 0 bridgehead atoms. The topological polar surface area (TPSA) is 12.9 Å². The molecule has 1 aliphatic carbocycles. The van der Waals surface area contributed by atoms with Crippen molar-refractivity contribution in [1.82, 2.24) is 4.98 Å². The van der Waals surface area contributed by atoms with Crippen molar-refractivity contribution in [2.45, 2.75) is 53.4 Å². The van der Waals surface area contributed by atoms with E-state index in [0.29, 0.717) is 0 Å². The molecule has 4 aromatic carbocycles. The van der Waals surface area contributed by atoms with Crippen LogP contribution in [0.5, 0.6) is 0 Å². The molecule has 0 N–H and O–H groups in total. The van der Waals surface area contributed by atoms with Crippen molar-refractivity contribution in [3.8, 4) is 22.4 Å². The van der Waals surface area contributed by atoms with Crippen molar-refractivity contribution in [2.24, 2.45) is 0 Å². The Morgan fingerprint density at radius 3 is 2.23 bits per heavy atom. The molecular formula is C33H30FN. The van der Waals surface area contributed by atoms with Crippen LogP contribution in [0.2, 0.25) is 0 Å². The molecule has 1 aliphatic rings. The van der Waals surface area contributed by atoms with Gasteiger partial charge in [0.2, 0.25) is 0 Å². The molecule has 0 aliphatic heterocycles. The molecule has 35 heavy (non-hydrogen) atoms. The highest BCUT2D eigenvalue weighted by Gasteiger charge is 2.39. The number of aryl methyl sites for hydroxylation is 3. The third kappa shape index (κ3) is 3.02. The van der Waals surface area contributed by atoms with Gasteiger partial charge in [-0.3, -0.25) is 4.98 Å². The van der Waals surface area contributed by atoms with Crippen LogP contribution in [0.15, 0.2) is 60.8 Å². The van der Waals surface area contributed by atoms with Gasteiger partial charge in [0.1, 0.15) is 5.82 Å². The predicted octanol–water partition coefficient (Wildman–Crippen LogP) is 8.99. The molecule has 0 atom stereocenters. The first-order chi connectivity index (χ1) is 16.7. The maximum Gasteiger partial charge on any atom is 0.132 e. The Hall–Kier alpha value is -3.52. The van der Waals surface area contributed by atoms with Crippen LogP contribution in [0.4, 0.5) is 4.39 Å². The molecule has 6 rings (SSSR count). The Morgan fingerprint density at radius 2 is 1.51 bits per heavy atom. The standard InChI is InChI=1S/C33H30FN/c1-7-21-8-9-26-28(16-21)33(5,6)31-24-10-11-25-23(27(24)17-29(34)30(26)31)12-13-35-32(25)22-14-18(2)20(4)19(3)15-22/h8-17H,7H2,1-6H3. The normalized spacial score (nSPS) is 13.9. The van der Waals surface area contributed by atoms with Crippen LogP contribution in [0.3, 0.4) is 0 Å². The van der Waals surface area contributed by atoms with Gasteiger partial charge >= 0.3 is 0 Å². The Balaban J connectivity index is 1.66. The maximum absolute atomic E-state index is 15.9.